The summed E-state index contributed by atoms with van der Waals surface area (Å²) < 4.78 is 39.7. The van der Waals surface area contributed by atoms with E-state index in [1.165, 1.54) is 37.7 Å². The molecule has 1 fully saturated rings. The maximum absolute atomic E-state index is 12.5. The number of aromatic nitrogens is 4. The Balaban J connectivity index is 1.53. The third-order valence-electron chi connectivity index (χ3n) is 4.08. The van der Waals surface area contributed by atoms with Crippen molar-refractivity contribution in [3.8, 4) is 11.5 Å². The van der Waals surface area contributed by atoms with Crippen LogP contribution >= 0.6 is 11.3 Å². The van der Waals surface area contributed by atoms with Crippen LogP contribution < -0.4 is 14.2 Å². The largest absolute Gasteiger partial charge is 0.493 e. The zero-order chi connectivity index (χ0) is 18.3. The number of hydrogen-bond donors (Lipinski definition) is 1. The highest BCUT2D eigenvalue weighted by molar-refractivity contribution is 7.89. The highest BCUT2D eigenvalue weighted by Crippen LogP contribution is 2.39. The van der Waals surface area contributed by atoms with Crippen molar-refractivity contribution in [2.24, 2.45) is 0 Å². The van der Waals surface area contributed by atoms with E-state index in [9.17, 15) is 8.42 Å². The molecule has 0 bridgehead atoms. The Morgan fingerprint density at radius 2 is 2.00 bits per heavy atom. The standard InChI is InChI=1S/C15H17N5O4S2/c1-23-11-6-5-10(7-12(11)24-2)26(21,22)16-8-13-19-20-14(9-3-4-9)17-18-15(20)25-13/h5-7,9,16H,3-4,8H2,1-2H3. The van der Waals surface area contributed by atoms with Crippen LogP contribution in [0.1, 0.15) is 29.6 Å². The summed E-state index contributed by atoms with van der Waals surface area (Å²) >= 11 is 1.32. The molecule has 138 valence electrons. The fourth-order valence-corrected chi connectivity index (χ4v) is 4.44. The summed E-state index contributed by atoms with van der Waals surface area (Å²) in [7, 11) is -0.764. The van der Waals surface area contributed by atoms with Gasteiger partial charge in [-0.15, -0.1) is 10.2 Å². The molecule has 4 rings (SSSR count). The van der Waals surface area contributed by atoms with Gasteiger partial charge in [-0.25, -0.2) is 13.1 Å². The number of rotatable bonds is 7. The van der Waals surface area contributed by atoms with Crippen LogP contribution in [-0.4, -0.2) is 42.4 Å². The molecule has 1 aliphatic carbocycles. The van der Waals surface area contributed by atoms with E-state index in [2.05, 4.69) is 20.0 Å². The molecular weight excluding hydrogens is 378 g/mol. The third-order valence-corrected chi connectivity index (χ3v) is 6.38. The summed E-state index contributed by atoms with van der Waals surface area (Å²) in [5.74, 6) is 2.09. The van der Waals surface area contributed by atoms with Crippen molar-refractivity contribution in [2.75, 3.05) is 14.2 Å². The second-order valence-electron chi connectivity index (χ2n) is 5.86. The average molecular weight is 395 g/mol. The maximum atomic E-state index is 12.5. The van der Waals surface area contributed by atoms with Crippen molar-refractivity contribution in [3.05, 3.63) is 29.0 Å². The fraction of sp³-hybridized carbons (Fsp3) is 0.400. The summed E-state index contributed by atoms with van der Waals surface area (Å²) in [5, 5.41) is 13.3. The van der Waals surface area contributed by atoms with E-state index < -0.39 is 10.0 Å². The first-order valence-electron chi connectivity index (χ1n) is 7.94. The molecule has 3 aromatic rings. The fourth-order valence-electron chi connectivity index (χ4n) is 2.56. The predicted molar refractivity (Wildman–Crippen MR) is 94.2 cm³/mol. The van der Waals surface area contributed by atoms with Crippen LogP contribution in [0.3, 0.4) is 0 Å². The smallest absolute Gasteiger partial charge is 0.241 e. The number of nitrogens with zero attached hydrogens (tertiary/aromatic N) is 4. The molecule has 26 heavy (non-hydrogen) atoms. The first-order valence-corrected chi connectivity index (χ1v) is 10.2. The van der Waals surface area contributed by atoms with Gasteiger partial charge in [0.2, 0.25) is 15.0 Å². The highest BCUT2D eigenvalue weighted by atomic mass is 32.2. The Morgan fingerprint density at radius 3 is 2.69 bits per heavy atom. The molecule has 1 aromatic carbocycles. The van der Waals surface area contributed by atoms with Gasteiger partial charge in [0.1, 0.15) is 5.01 Å². The summed E-state index contributed by atoms with van der Waals surface area (Å²) in [5.41, 5.74) is 0. The molecule has 1 N–H and O–H groups in total. The van der Waals surface area contributed by atoms with E-state index in [-0.39, 0.29) is 11.4 Å². The Bertz CT molecular complexity index is 1060. The zero-order valence-electron chi connectivity index (χ0n) is 14.2. The van der Waals surface area contributed by atoms with Gasteiger partial charge >= 0.3 is 0 Å². The van der Waals surface area contributed by atoms with Gasteiger partial charge in [0, 0.05) is 12.0 Å². The van der Waals surface area contributed by atoms with Crippen LogP contribution in [0.2, 0.25) is 0 Å². The van der Waals surface area contributed by atoms with Gasteiger partial charge in [-0.3, -0.25) is 0 Å². The Hall–Kier alpha value is -2.24. The number of ether oxygens (including phenoxy) is 2. The van der Waals surface area contributed by atoms with Crippen molar-refractivity contribution in [1.29, 1.82) is 0 Å². The van der Waals surface area contributed by atoms with Crippen molar-refractivity contribution < 1.29 is 17.9 Å². The molecule has 11 heteroatoms. The third kappa shape index (κ3) is 3.13. The summed E-state index contributed by atoms with van der Waals surface area (Å²) in [6.45, 7) is 0.0782. The quantitative estimate of drug-likeness (QED) is 0.647. The Labute approximate surface area is 154 Å². The van der Waals surface area contributed by atoms with E-state index >= 15 is 0 Å². The molecule has 2 heterocycles. The highest BCUT2D eigenvalue weighted by Gasteiger charge is 2.30. The molecule has 9 nitrogen and oxygen atoms in total. The second kappa shape index (κ2) is 6.49. The topological polar surface area (TPSA) is 108 Å². The average Bonchev–Trinajstić information content (AvgIpc) is 3.28. The number of sulfonamides is 1. The van der Waals surface area contributed by atoms with Crippen LogP contribution in [-0.2, 0) is 16.6 Å². The summed E-state index contributed by atoms with van der Waals surface area (Å²) in [6.07, 6.45) is 2.19. The van der Waals surface area contributed by atoms with E-state index in [1.807, 2.05) is 0 Å². The molecule has 0 radical (unpaired) electrons. The minimum Gasteiger partial charge on any atom is -0.493 e. The predicted octanol–water partition coefficient (Wildman–Crippen LogP) is 1.56. The number of benzene rings is 1. The van der Waals surface area contributed by atoms with E-state index in [0.717, 1.165) is 18.7 Å². The SMILES string of the molecule is COc1ccc(S(=O)(=O)NCc2nn3c(C4CC4)nnc3s2)cc1OC. The number of methoxy groups -OCH3 is 2. The van der Waals surface area contributed by atoms with Gasteiger partial charge in [-0.2, -0.15) is 9.61 Å². The van der Waals surface area contributed by atoms with E-state index in [1.54, 1.807) is 10.6 Å². The molecule has 0 amide bonds. The molecule has 0 aliphatic heterocycles. The van der Waals surface area contributed by atoms with Crippen molar-refractivity contribution >= 4 is 26.3 Å². The lowest BCUT2D eigenvalue weighted by Crippen LogP contribution is -2.23. The molecule has 0 spiro atoms. The molecule has 0 unspecified atom stereocenters. The van der Waals surface area contributed by atoms with Crippen LogP contribution in [0.25, 0.3) is 4.96 Å². The first kappa shape index (κ1) is 17.2. The first-order chi connectivity index (χ1) is 12.5. The number of fused-ring (bicyclic) bond motifs is 1. The normalized spacial score (nSPS) is 14.7. The van der Waals surface area contributed by atoms with E-state index in [4.69, 9.17) is 9.47 Å². The molecule has 0 atom stereocenters. The zero-order valence-corrected chi connectivity index (χ0v) is 15.8. The van der Waals surface area contributed by atoms with Gasteiger partial charge < -0.3 is 9.47 Å². The summed E-state index contributed by atoms with van der Waals surface area (Å²) in [6, 6.07) is 4.44. The molecule has 2 aromatic heterocycles. The Morgan fingerprint density at radius 1 is 1.23 bits per heavy atom. The van der Waals surface area contributed by atoms with Crippen molar-refractivity contribution in [2.45, 2.75) is 30.2 Å². The van der Waals surface area contributed by atoms with Crippen LogP contribution in [0, 0.1) is 0 Å². The molecular formula is C15H17N5O4S2. The number of nitrogens with one attached hydrogen (secondary N) is 1. The van der Waals surface area contributed by atoms with Crippen LogP contribution in [0.15, 0.2) is 23.1 Å². The van der Waals surface area contributed by atoms with Gasteiger partial charge in [0.05, 0.1) is 25.7 Å². The number of hydrogen-bond acceptors (Lipinski definition) is 8. The van der Waals surface area contributed by atoms with E-state index in [0.29, 0.717) is 27.4 Å². The van der Waals surface area contributed by atoms with Gasteiger partial charge in [0.15, 0.2) is 17.3 Å². The van der Waals surface area contributed by atoms with Gasteiger partial charge in [-0.05, 0) is 25.0 Å². The van der Waals surface area contributed by atoms with Gasteiger partial charge in [-0.1, -0.05) is 11.3 Å². The molecule has 0 saturated heterocycles. The second-order valence-corrected chi connectivity index (χ2v) is 8.67. The van der Waals surface area contributed by atoms with Crippen molar-refractivity contribution in [3.63, 3.8) is 0 Å². The molecule has 1 aliphatic rings. The lowest BCUT2D eigenvalue weighted by Gasteiger charge is -2.10. The monoisotopic (exact) mass is 395 g/mol. The van der Waals surface area contributed by atoms with Gasteiger partial charge in [0.25, 0.3) is 0 Å². The lowest BCUT2D eigenvalue weighted by molar-refractivity contribution is 0.354. The Kier molecular flexibility index (Phi) is 4.29. The van der Waals surface area contributed by atoms with Crippen LogP contribution in [0.5, 0.6) is 11.5 Å². The summed E-state index contributed by atoms with van der Waals surface area (Å²) in [4.78, 5) is 0.768. The maximum Gasteiger partial charge on any atom is 0.241 e. The van der Waals surface area contributed by atoms with Crippen LogP contribution in [0.4, 0.5) is 0 Å². The molecule has 1 saturated carbocycles. The lowest BCUT2D eigenvalue weighted by atomic mass is 10.3. The minimum absolute atomic E-state index is 0.0782. The minimum atomic E-state index is -3.71. The van der Waals surface area contributed by atoms with Crippen molar-refractivity contribution in [1.82, 2.24) is 24.5 Å².